The molecule has 0 aliphatic carbocycles. The fourth-order valence-corrected chi connectivity index (χ4v) is 2.23. The molecule has 12 heteroatoms. The highest BCUT2D eigenvalue weighted by Gasteiger charge is 2.38. The number of Topliss-reactive ketones (excluding diaryl/α,β-unsaturated/α-hetero) is 1. The van der Waals surface area contributed by atoms with Crippen molar-refractivity contribution in [3.05, 3.63) is 54.0 Å². The van der Waals surface area contributed by atoms with E-state index in [9.17, 15) is 26.4 Å². The number of carbonyl (C=O) groups is 2. The number of carboxylic acid groups (broad SMARTS) is 1. The van der Waals surface area contributed by atoms with E-state index in [0.717, 1.165) is 0 Å². The fraction of sp³-hybridized carbons (Fsp3) is 0.200. The van der Waals surface area contributed by atoms with Crippen molar-refractivity contribution in [3.8, 4) is 0 Å². The molecule has 1 aromatic heterocycles. The molecular formula is C15H14F3NO7S. The van der Waals surface area contributed by atoms with Crippen molar-refractivity contribution in [2.45, 2.75) is 23.5 Å². The van der Waals surface area contributed by atoms with Gasteiger partial charge in [-0.05, 0) is 36.2 Å². The molecule has 0 saturated heterocycles. The molecule has 0 radical (unpaired) electrons. The zero-order valence-corrected chi connectivity index (χ0v) is 14.2. The predicted octanol–water partition coefficient (Wildman–Crippen LogP) is 1.91. The first-order valence-corrected chi connectivity index (χ1v) is 8.46. The molecule has 0 spiro atoms. The normalized spacial score (nSPS) is 12.6. The molecule has 0 saturated carbocycles. The number of nitrogens with two attached hydrogens (primary N) is 1. The molecule has 0 bridgehead atoms. The lowest BCUT2D eigenvalue weighted by Gasteiger charge is -2.09. The van der Waals surface area contributed by atoms with Crippen molar-refractivity contribution in [1.82, 2.24) is 0 Å². The number of benzene rings is 1. The third-order valence-electron chi connectivity index (χ3n) is 3.02. The molecule has 0 aliphatic heterocycles. The van der Waals surface area contributed by atoms with Crippen molar-refractivity contribution in [2.75, 3.05) is 0 Å². The zero-order chi connectivity index (χ0) is 20.8. The Morgan fingerprint density at radius 1 is 1.15 bits per heavy atom. The Labute approximate surface area is 151 Å². The van der Waals surface area contributed by atoms with E-state index in [1.807, 2.05) is 0 Å². The average Bonchev–Trinajstić information content (AvgIpc) is 3.07. The van der Waals surface area contributed by atoms with Gasteiger partial charge in [-0.2, -0.15) is 21.6 Å². The van der Waals surface area contributed by atoms with Crippen LogP contribution in [0.1, 0.15) is 16.1 Å². The van der Waals surface area contributed by atoms with Gasteiger partial charge in [0.25, 0.3) is 10.1 Å². The smallest absolute Gasteiger partial charge is 0.475 e. The molecule has 1 heterocycles. The number of ketones is 1. The molecule has 0 fully saturated rings. The third kappa shape index (κ3) is 7.21. The number of aliphatic carboxylic acids is 1. The highest BCUT2D eigenvalue weighted by Crippen LogP contribution is 2.14. The molecule has 4 N–H and O–H groups in total. The highest BCUT2D eigenvalue weighted by molar-refractivity contribution is 7.85. The van der Waals surface area contributed by atoms with Gasteiger partial charge in [-0.1, -0.05) is 12.1 Å². The SMILES string of the molecule is NC(Cc1ccc(S(=O)(=O)O)cc1)C(=O)c1ccco1.O=C(O)C(F)(F)F. The Morgan fingerprint density at radius 3 is 2.04 bits per heavy atom. The second-order valence-electron chi connectivity index (χ2n) is 5.07. The van der Waals surface area contributed by atoms with Crippen LogP contribution in [0.2, 0.25) is 0 Å². The van der Waals surface area contributed by atoms with Gasteiger partial charge in [0.05, 0.1) is 17.2 Å². The largest absolute Gasteiger partial charge is 0.490 e. The number of hydrogen-bond donors (Lipinski definition) is 3. The lowest BCUT2D eigenvalue weighted by Crippen LogP contribution is -2.32. The average molecular weight is 409 g/mol. The lowest BCUT2D eigenvalue weighted by molar-refractivity contribution is -0.192. The summed E-state index contributed by atoms with van der Waals surface area (Å²) >= 11 is 0. The van der Waals surface area contributed by atoms with E-state index < -0.39 is 28.3 Å². The van der Waals surface area contributed by atoms with Gasteiger partial charge >= 0.3 is 12.1 Å². The van der Waals surface area contributed by atoms with Crippen LogP contribution in [-0.2, 0) is 21.3 Å². The van der Waals surface area contributed by atoms with Crippen LogP contribution in [-0.4, -0.2) is 42.0 Å². The van der Waals surface area contributed by atoms with E-state index in [1.165, 1.54) is 36.6 Å². The number of hydrogen-bond acceptors (Lipinski definition) is 6. The third-order valence-corrected chi connectivity index (χ3v) is 3.89. The second kappa shape index (κ2) is 8.79. The maximum Gasteiger partial charge on any atom is 0.490 e. The standard InChI is InChI=1S/C13H13NO5S.C2HF3O2/c14-11(13(15)12-2-1-7-19-12)8-9-3-5-10(6-4-9)20(16,17)18;3-2(4,5)1(6)7/h1-7,11H,8,14H2,(H,16,17,18);(H,6,7). The summed E-state index contributed by atoms with van der Waals surface area (Å²) in [5.74, 6) is -2.89. The van der Waals surface area contributed by atoms with Crippen molar-refractivity contribution in [2.24, 2.45) is 5.73 Å². The van der Waals surface area contributed by atoms with Crippen LogP contribution in [0.25, 0.3) is 0 Å². The Morgan fingerprint density at radius 2 is 1.67 bits per heavy atom. The topological polar surface area (TPSA) is 148 Å². The van der Waals surface area contributed by atoms with Crippen LogP contribution in [0.4, 0.5) is 13.2 Å². The number of rotatable bonds is 5. The van der Waals surface area contributed by atoms with Crippen molar-refractivity contribution in [1.29, 1.82) is 0 Å². The van der Waals surface area contributed by atoms with Gasteiger partial charge in [-0.25, -0.2) is 4.79 Å². The van der Waals surface area contributed by atoms with Gasteiger partial charge in [0, 0.05) is 0 Å². The fourth-order valence-electron chi connectivity index (χ4n) is 1.75. The number of furan rings is 1. The van der Waals surface area contributed by atoms with E-state index in [2.05, 4.69) is 0 Å². The number of carbonyl (C=O) groups excluding carboxylic acids is 1. The van der Waals surface area contributed by atoms with Gasteiger partial charge < -0.3 is 15.3 Å². The van der Waals surface area contributed by atoms with E-state index in [-0.39, 0.29) is 22.9 Å². The molecule has 8 nitrogen and oxygen atoms in total. The summed E-state index contributed by atoms with van der Waals surface area (Å²) in [7, 11) is -4.21. The predicted molar refractivity (Wildman–Crippen MR) is 84.7 cm³/mol. The molecule has 1 unspecified atom stereocenters. The Balaban J connectivity index is 0.000000445. The highest BCUT2D eigenvalue weighted by atomic mass is 32.2. The minimum atomic E-state index is -5.08. The van der Waals surface area contributed by atoms with Gasteiger partial charge in [-0.15, -0.1) is 0 Å². The summed E-state index contributed by atoms with van der Waals surface area (Å²) in [5.41, 5.74) is 6.47. The molecule has 1 atom stereocenters. The lowest BCUT2D eigenvalue weighted by atomic mass is 10.0. The monoisotopic (exact) mass is 409 g/mol. The van der Waals surface area contributed by atoms with Crippen molar-refractivity contribution >= 4 is 21.9 Å². The summed E-state index contributed by atoms with van der Waals surface area (Å²) in [6, 6.07) is 7.86. The summed E-state index contributed by atoms with van der Waals surface area (Å²) in [6.07, 6.45) is -3.45. The van der Waals surface area contributed by atoms with Crippen LogP contribution in [0.5, 0.6) is 0 Å². The van der Waals surface area contributed by atoms with Crippen molar-refractivity contribution < 1.29 is 45.3 Å². The van der Waals surface area contributed by atoms with E-state index in [1.54, 1.807) is 6.07 Å². The maximum atomic E-state index is 11.9. The zero-order valence-electron chi connectivity index (χ0n) is 13.4. The molecule has 0 amide bonds. The summed E-state index contributed by atoms with van der Waals surface area (Å²) in [6.45, 7) is 0. The maximum absolute atomic E-state index is 11.9. The summed E-state index contributed by atoms with van der Waals surface area (Å²) in [5, 5.41) is 7.12. The molecular weight excluding hydrogens is 395 g/mol. The first-order chi connectivity index (χ1) is 12.3. The summed E-state index contributed by atoms with van der Waals surface area (Å²) in [4.78, 5) is 20.6. The Hall–Kier alpha value is -2.70. The number of carboxylic acids is 1. The van der Waals surface area contributed by atoms with Crippen LogP contribution in [0, 0.1) is 0 Å². The molecule has 1 aromatic carbocycles. The quantitative estimate of drug-likeness (QED) is 0.501. The van der Waals surface area contributed by atoms with Crippen LogP contribution < -0.4 is 5.73 Å². The van der Waals surface area contributed by atoms with Crippen LogP contribution >= 0.6 is 0 Å². The van der Waals surface area contributed by atoms with Gasteiger partial charge in [0.1, 0.15) is 0 Å². The van der Waals surface area contributed by atoms with Crippen molar-refractivity contribution in [3.63, 3.8) is 0 Å². The molecule has 0 aliphatic rings. The van der Waals surface area contributed by atoms with Gasteiger partial charge in [0.15, 0.2) is 5.76 Å². The Kier molecular flexibility index (Phi) is 7.28. The molecule has 27 heavy (non-hydrogen) atoms. The second-order valence-corrected chi connectivity index (χ2v) is 6.50. The molecule has 148 valence electrons. The first kappa shape index (κ1) is 22.3. The summed E-state index contributed by atoms with van der Waals surface area (Å²) < 4.78 is 67.4. The van der Waals surface area contributed by atoms with E-state index in [4.69, 9.17) is 24.6 Å². The minimum Gasteiger partial charge on any atom is -0.475 e. The minimum absolute atomic E-state index is 0.187. The number of alkyl halides is 3. The van der Waals surface area contributed by atoms with Gasteiger partial charge in [-0.3, -0.25) is 9.35 Å². The van der Waals surface area contributed by atoms with Crippen LogP contribution in [0.3, 0.4) is 0 Å². The van der Waals surface area contributed by atoms with Gasteiger partial charge in [0.2, 0.25) is 5.78 Å². The number of halogens is 3. The molecule has 2 rings (SSSR count). The Bertz CT molecular complexity index is 875. The van der Waals surface area contributed by atoms with E-state index >= 15 is 0 Å². The van der Waals surface area contributed by atoms with E-state index in [0.29, 0.717) is 5.56 Å². The first-order valence-electron chi connectivity index (χ1n) is 7.02. The van der Waals surface area contributed by atoms with Crippen LogP contribution in [0.15, 0.2) is 52.0 Å². The molecule has 2 aromatic rings.